The number of carbonyl (C=O) groups is 1. The van der Waals surface area contributed by atoms with Crippen LogP contribution in [0.5, 0.6) is 0 Å². The van der Waals surface area contributed by atoms with Gasteiger partial charge in [0.2, 0.25) is 0 Å². The number of amides is 1. The van der Waals surface area contributed by atoms with Crippen LogP contribution in [0.1, 0.15) is 37.6 Å². The van der Waals surface area contributed by atoms with Crippen molar-refractivity contribution in [3.63, 3.8) is 0 Å². The van der Waals surface area contributed by atoms with Crippen molar-refractivity contribution >= 4 is 34.8 Å². The van der Waals surface area contributed by atoms with Gasteiger partial charge in [-0.1, -0.05) is 37.0 Å². The van der Waals surface area contributed by atoms with Gasteiger partial charge in [-0.05, 0) is 37.3 Å². The summed E-state index contributed by atoms with van der Waals surface area (Å²) >= 11 is 12.2. The number of benzene rings is 1. The van der Waals surface area contributed by atoms with Gasteiger partial charge in [0.1, 0.15) is 0 Å². The van der Waals surface area contributed by atoms with Crippen molar-refractivity contribution in [1.29, 1.82) is 0 Å². The van der Waals surface area contributed by atoms with Gasteiger partial charge in [-0.3, -0.25) is 4.79 Å². The largest absolute Gasteiger partial charge is 0.399 e. The third-order valence-electron chi connectivity index (χ3n) is 4.14. The fourth-order valence-corrected chi connectivity index (χ4v) is 3.32. The number of hydrogen-bond donors (Lipinski definition) is 1. The monoisotopic (exact) mass is 314 g/mol. The van der Waals surface area contributed by atoms with E-state index in [1.54, 1.807) is 12.1 Å². The average Bonchev–Trinajstić information content (AvgIpc) is 2.37. The second-order valence-corrected chi connectivity index (χ2v) is 6.67. The normalized spacial score (nSPS) is 26.6. The number of anilines is 1. The van der Waals surface area contributed by atoms with Gasteiger partial charge in [0.25, 0.3) is 5.91 Å². The van der Waals surface area contributed by atoms with Crippen LogP contribution in [-0.2, 0) is 0 Å². The first kappa shape index (κ1) is 15.5. The van der Waals surface area contributed by atoms with Crippen LogP contribution in [0.4, 0.5) is 5.69 Å². The molecule has 0 radical (unpaired) electrons. The Morgan fingerprint density at radius 1 is 1.30 bits per heavy atom. The van der Waals surface area contributed by atoms with Crippen LogP contribution in [0.3, 0.4) is 0 Å². The van der Waals surface area contributed by atoms with E-state index < -0.39 is 0 Å². The number of piperidine rings is 1. The summed E-state index contributed by atoms with van der Waals surface area (Å²) in [6.07, 6.45) is 1.14. The molecule has 3 atom stereocenters. The lowest BCUT2D eigenvalue weighted by molar-refractivity contribution is 0.0456. The summed E-state index contributed by atoms with van der Waals surface area (Å²) in [6.45, 7) is 7.16. The average molecular weight is 315 g/mol. The minimum Gasteiger partial charge on any atom is -0.399 e. The third kappa shape index (κ3) is 2.89. The molecular formula is C15H20Cl2N2O. The van der Waals surface area contributed by atoms with E-state index in [0.29, 0.717) is 28.1 Å². The van der Waals surface area contributed by atoms with E-state index in [-0.39, 0.29) is 17.0 Å². The number of rotatable bonds is 1. The van der Waals surface area contributed by atoms with E-state index >= 15 is 0 Å². The van der Waals surface area contributed by atoms with Crippen molar-refractivity contribution in [2.24, 2.45) is 11.8 Å². The molecule has 1 aliphatic heterocycles. The second-order valence-electron chi connectivity index (χ2n) is 5.88. The number of nitrogens with zero attached hydrogens (tertiary/aromatic N) is 1. The van der Waals surface area contributed by atoms with E-state index in [2.05, 4.69) is 20.8 Å². The van der Waals surface area contributed by atoms with E-state index in [0.717, 1.165) is 13.0 Å². The van der Waals surface area contributed by atoms with Crippen LogP contribution in [0, 0.1) is 11.8 Å². The van der Waals surface area contributed by atoms with Crippen LogP contribution in [0.25, 0.3) is 0 Å². The van der Waals surface area contributed by atoms with E-state index in [4.69, 9.17) is 28.9 Å². The molecule has 1 aromatic carbocycles. The van der Waals surface area contributed by atoms with Gasteiger partial charge in [0, 0.05) is 18.3 Å². The lowest BCUT2D eigenvalue weighted by Gasteiger charge is -2.41. The van der Waals surface area contributed by atoms with Gasteiger partial charge >= 0.3 is 0 Å². The van der Waals surface area contributed by atoms with Crippen molar-refractivity contribution < 1.29 is 4.79 Å². The smallest absolute Gasteiger partial charge is 0.255 e. The Balaban J connectivity index is 2.36. The molecule has 5 heteroatoms. The number of halogens is 2. The first-order valence-electron chi connectivity index (χ1n) is 6.86. The Hall–Kier alpha value is -0.930. The highest BCUT2D eigenvalue weighted by Crippen LogP contribution is 2.33. The van der Waals surface area contributed by atoms with Gasteiger partial charge < -0.3 is 10.6 Å². The highest BCUT2D eigenvalue weighted by Gasteiger charge is 2.33. The molecular weight excluding hydrogens is 295 g/mol. The highest BCUT2D eigenvalue weighted by molar-refractivity contribution is 6.44. The molecule has 2 rings (SSSR count). The summed E-state index contributed by atoms with van der Waals surface area (Å²) < 4.78 is 0. The maximum atomic E-state index is 12.8. The number of hydrogen-bond acceptors (Lipinski definition) is 2. The lowest BCUT2D eigenvalue weighted by atomic mass is 9.85. The first-order valence-corrected chi connectivity index (χ1v) is 7.62. The Labute approximate surface area is 130 Å². The maximum Gasteiger partial charge on any atom is 0.255 e. The van der Waals surface area contributed by atoms with E-state index in [1.165, 1.54) is 0 Å². The fraction of sp³-hybridized carbons (Fsp3) is 0.533. The molecule has 110 valence electrons. The predicted octanol–water partition coefficient (Wildman–Crippen LogP) is 4.08. The summed E-state index contributed by atoms with van der Waals surface area (Å²) in [5, 5.41) is 0.602. The molecule has 1 aromatic rings. The standard InChI is InChI=1S/C15H20Cl2N2O/c1-8-4-9(2)10(3)19(7-8)15(20)12-5-11(18)6-13(16)14(12)17/h5-6,8-10H,4,7,18H2,1-3H3. The molecule has 0 bridgehead atoms. The lowest BCUT2D eigenvalue weighted by Crippen LogP contribution is -2.48. The molecule has 20 heavy (non-hydrogen) atoms. The number of likely N-dealkylation sites (tertiary alicyclic amines) is 1. The Kier molecular flexibility index (Phi) is 4.50. The summed E-state index contributed by atoms with van der Waals surface area (Å²) in [4.78, 5) is 14.6. The van der Waals surface area contributed by atoms with Gasteiger partial charge in [0.15, 0.2) is 0 Å². The molecule has 3 unspecified atom stereocenters. The summed E-state index contributed by atoms with van der Waals surface area (Å²) in [7, 11) is 0. The SMILES string of the molecule is CC1CC(C)C(C)N(C(=O)c2cc(N)cc(Cl)c2Cl)C1. The van der Waals surface area contributed by atoms with Crippen LogP contribution in [0.2, 0.25) is 10.0 Å². The molecule has 2 N–H and O–H groups in total. The molecule has 1 heterocycles. The summed E-state index contributed by atoms with van der Waals surface area (Å²) in [5.74, 6) is 0.869. The highest BCUT2D eigenvalue weighted by atomic mass is 35.5. The second kappa shape index (κ2) is 5.82. The van der Waals surface area contributed by atoms with Crippen LogP contribution in [-0.4, -0.2) is 23.4 Å². The summed E-state index contributed by atoms with van der Waals surface area (Å²) in [6, 6.07) is 3.36. The van der Waals surface area contributed by atoms with Crippen LogP contribution in [0.15, 0.2) is 12.1 Å². The van der Waals surface area contributed by atoms with Crippen molar-refractivity contribution in [2.45, 2.75) is 33.2 Å². The fourth-order valence-electron chi connectivity index (χ4n) is 2.90. The molecule has 1 fully saturated rings. The van der Waals surface area contributed by atoms with Gasteiger partial charge in [-0.15, -0.1) is 0 Å². The summed E-state index contributed by atoms with van der Waals surface area (Å²) in [5.41, 5.74) is 6.62. The molecule has 1 saturated heterocycles. The third-order valence-corrected chi connectivity index (χ3v) is 4.94. The molecule has 1 amide bonds. The molecule has 0 spiro atoms. The predicted molar refractivity (Wildman–Crippen MR) is 84.3 cm³/mol. The van der Waals surface area contributed by atoms with Crippen LogP contribution < -0.4 is 5.73 Å². The Morgan fingerprint density at radius 3 is 2.60 bits per heavy atom. The molecule has 0 aliphatic carbocycles. The van der Waals surface area contributed by atoms with Crippen molar-refractivity contribution in [1.82, 2.24) is 4.90 Å². The zero-order valence-corrected chi connectivity index (χ0v) is 13.5. The van der Waals surface area contributed by atoms with E-state index in [1.807, 2.05) is 4.90 Å². The Morgan fingerprint density at radius 2 is 1.95 bits per heavy atom. The molecule has 0 aromatic heterocycles. The number of nitrogens with two attached hydrogens (primary N) is 1. The Bertz CT molecular complexity index is 533. The van der Waals surface area contributed by atoms with Crippen molar-refractivity contribution in [3.8, 4) is 0 Å². The first-order chi connectivity index (χ1) is 9.31. The van der Waals surface area contributed by atoms with E-state index in [9.17, 15) is 4.79 Å². The maximum absolute atomic E-state index is 12.8. The molecule has 3 nitrogen and oxygen atoms in total. The topological polar surface area (TPSA) is 46.3 Å². The zero-order chi connectivity index (χ0) is 15.0. The molecule has 1 aliphatic rings. The van der Waals surface area contributed by atoms with Crippen LogP contribution >= 0.6 is 23.2 Å². The van der Waals surface area contributed by atoms with Crippen molar-refractivity contribution in [3.05, 3.63) is 27.7 Å². The quantitative estimate of drug-likeness (QED) is 0.794. The number of nitrogen functional groups attached to an aromatic ring is 1. The van der Waals surface area contributed by atoms with Crippen molar-refractivity contribution in [2.75, 3.05) is 12.3 Å². The minimum absolute atomic E-state index is 0.0879. The zero-order valence-electron chi connectivity index (χ0n) is 12.0. The van der Waals surface area contributed by atoms with Gasteiger partial charge in [-0.25, -0.2) is 0 Å². The minimum atomic E-state index is -0.0879. The van der Waals surface area contributed by atoms with Gasteiger partial charge in [-0.2, -0.15) is 0 Å². The number of carbonyl (C=O) groups excluding carboxylic acids is 1. The van der Waals surface area contributed by atoms with Gasteiger partial charge in [0.05, 0.1) is 15.6 Å². The molecule has 0 saturated carbocycles.